The van der Waals surface area contributed by atoms with Crippen LogP contribution in [0.1, 0.15) is 47.5 Å². The molecule has 1 atom stereocenters. The Morgan fingerprint density at radius 3 is 2.35 bits per heavy atom. The van der Waals surface area contributed by atoms with Crippen LogP contribution in [0.3, 0.4) is 0 Å². The summed E-state index contributed by atoms with van der Waals surface area (Å²) < 4.78 is 2.57. The number of carboxylic acid groups (broad SMARTS) is 1. The second kappa shape index (κ2) is 6.95. The first-order valence-corrected chi connectivity index (χ1v) is 7.93. The first-order chi connectivity index (χ1) is 10.8. The standard InChI is InChI=1S/C16H18BrN3O3/c1-9(2)20-10(3)13(8-18-20)15(21)19-14(16(22)23)11-4-6-12(17)7-5-11/h4-9,14H,1-3H3,(H,19,21)(H,22,23). The minimum absolute atomic E-state index is 0.123. The number of carbonyl (C=O) groups is 2. The molecule has 2 aromatic rings. The number of rotatable bonds is 5. The van der Waals surface area contributed by atoms with Gasteiger partial charge in [-0.15, -0.1) is 0 Å². The molecule has 0 aliphatic rings. The van der Waals surface area contributed by atoms with E-state index in [4.69, 9.17) is 0 Å². The van der Waals surface area contributed by atoms with E-state index in [1.807, 2.05) is 13.8 Å². The highest BCUT2D eigenvalue weighted by Gasteiger charge is 2.24. The van der Waals surface area contributed by atoms with E-state index in [1.54, 1.807) is 35.9 Å². The number of aromatic nitrogens is 2. The van der Waals surface area contributed by atoms with Gasteiger partial charge in [0.25, 0.3) is 5.91 Å². The first-order valence-electron chi connectivity index (χ1n) is 7.14. The fraction of sp³-hybridized carbons (Fsp3) is 0.312. The van der Waals surface area contributed by atoms with E-state index < -0.39 is 17.9 Å². The number of aliphatic carboxylic acids is 1. The molecule has 0 bridgehead atoms. The van der Waals surface area contributed by atoms with E-state index in [2.05, 4.69) is 26.3 Å². The van der Waals surface area contributed by atoms with E-state index in [1.165, 1.54) is 6.20 Å². The zero-order valence-corrected chi connectivity index (χ0v) is 14.7. The highest BCUT2D eigenvalue weighted by Crippen LogP contribution is 2.19. The van der Waals surface area contributed by atoms with E-state index in [9.17, 15) is 14.7 Å². The monoisotopic (exact) mass is 379 g/mol. The molecule has 0 aliphatic carbocycles. The van der Waals surface area contributed by atoms with Crippen LogP contribution in [0, 0.1) is 6.92 Å². The van der Waals surface area contributed by atoms with Crippen LogP contribution in [0.15, 0.2) is 34.9 Å². The molecule has 122 valence electrons. The highest BCUT2D eigenvalue weighted by molar-refractivity contribution is 9.10. The van der Waals surface area contributed by atoms with Gasteiger partial charge < -0.3 is 10.4 Å². The average Bonchev–Trinajstić information content (AvgIpc) is 2.87. The lowest BCUT2D eigenvalue weighted by Gasteiger charge is -2.15. The summed E-state index contributed by atoms with van der Waals surface area (Å²) in [5, 5.41) is 16.1. The third-order valence-electron chi connectivity index (χ3n) is 3.50. The van der Waals surface area contributed by atoms with Crippen LogP contribution in [0.4, 0.5) is 0 Å². The molecule has 0 saturated carbocycles. The largest absolute Gasteiger partial charge is 0.479 e. The lowest BCUT2D eigenvalue weighted by Crippen LogP contribution is -2.34. The van der Waals surface area contributed by atoms with Crippen molar-refractivity contribution in [2.45, 2.75) is 32.9 Å². The van der Waals surface area contributed by atoms with Gasteiger partial charge in [-0.2, -0.15) is 5.10 Å². The fourth-order valence-corrected chi connectivity index (χ4v) is 2.58. The molecule has 23 heavy (non-hydrogen) atoms. The normalized spacial score (nSPS) is 12.2. The summed E-state index contributed by atoms with van der Waals surface area (Å²) in [6.45, 7) is 5.71. The number of nitrogens with zero attached hydrogens (tertiary/aromatic N) is 2. The molecule has 0 saturated heterocycles. The van der Waals surface area contributed by atoms with Gasteiger partial charge >= 0.3 is 5.97 Å². The van der Waals surface area contributed by atoms with E-state index in [0.717, 1.165) is 4.47 Å². The predicted octanol–water partition coefficient (Wildman–Crippen LogP) is 3.09. The zero-order chi connectivity index (χ0) is 17.1. The van der Waals surface area contributed by atoms with Crippen molar-refractivity contribution in [2.75, 3.05) is 0 Å². The molecule has 6 nitrogen and oxygen atoms in total. The van der Waals surface area contributed by atoms with Crippen molar-refractivity contribution < 1.29 is 14.7 Å². The first kappa shape index (κ1) is 17.2. The van der Waals surface area contributed by atoms with Crippen molar-refractivity contribution in [3.05, 3.63) is 51.8 Å². The Morgan fingerprint density at radius 2 is 1.87 bits per heavy atom. The Hall–Kier alpha value is -2.15. The number of carbonyl (C=O) groups excluding carboxylic acids is 1. The maximum absolute atomic E-state index is 12.4. The highest BCUT2D eigenvalue weighted by atomic mass is 79.9. The van der Waals surface area contributed by atoms with Crippen LogP contribution in [-0.4, -0.2) is 26.8 Å². The molecule has 1 aromatic carbocycles. The molecular weight excluding hydrogens is 362 g/mol. The van der Waals surface area contributed by atoms with Gasteiger partial charge in [0.05, 0.1) is 11.8 Å². The Balaban J connectivity index is 2.25. The number of hydrogen-bond acceptors (Lipinski definition) is 3. The Kier molecular flexibility index (Phi) is 5.20. The SMILES string of the molecule is Cc1c(C(=O)NC(C(=O)O)c2ccc(Br)cc2)cnn1C(C)C. The van der Waals surface area contributed by atoms with Crippen molar-refractivity contribution in [3.8, 4) is 0 Å². The van der Waals surface area contributed by atoms with Crippen molar-refractivity contribution in [1.29, 1.82) is 0 Å². The van der Waals surface area contributed by atoms with Gasteiger partial charge in [-0.1, -0.05) is 28.1 Å². The molecule has 1 aromatic heterocycles. The number of carboxylic acids is 1. The van der Waals surface area contributed by atoms with Crippen LogP contribution in [0.2, 0.25) is 0 Å². The smallest absolute Gasteiger partial charge is 0.330 e. The van der Waals surface area contributed by atoms with Crippen LogP contribution in [0.25, 0.3) is 0 Å². The van der Waals surface area contributed by atoms with Gasteiger partial charge in [0.15, 0.2) is 6.04 Å². The molecule has 1 unspecified atom stereocenters. The molecule has 0 radical (unpaired) electrons. The quantitative estimate of drug-likeness (QED) is 0.835. The molecule has 2 N–H and O–H groups in total. The molecule has 0 fully saturated rings. The molecule has 7 heteroatoms. The van der Waals surface area contributed by atoms with Crippen LogP contribution >= 0.6 is 15.9 Å². The van der Waals surface area contributed by atoms with Gasteiger partial charge in [0.2, 0.25) is 0 Å². The van der Waals surface area contributed by atoms with Gasteiger partial charge in [-0.05, 0) is 38.5 Å². The van der Waals surface area contributed by atoms with Gasteiger partial charge in [0.1, 0.15) is 0 Å². The van der Waals surface area contributed by atoms with Crippen LogP contribution < -0.4 is 5.32 Å². The van der Waals surface area contributed by atoms with E-state index in [-0.39, 0.29) is 6.04 Å². The number of amides is 1. The topological polar surface area (TPSA) is 84.2 Å². The number of benzene rings is 1. The molecule has 0 spiro atoms. The lowest BCUT2D eigenvalue weighted by molar-refractivity contribution is -0.139. The van der Waals surface area contributed by atoms with Crippen molar-refractivity contribution in [1.82, 2.24) is 15.1 Å². The predicted molar refractivity (Wildman–Crippen MR) is 89.3 cm³/mol. The molecule has 2 rings (SSSR count). The lowest BCUT2D eigenvalue weighted by atomic mass is 10.1. The second-order valence-corrected chi connectivity index (χ2v) is 6.39. The van der Waals surface area contributed by atoms with Gasteiger partial charge in [-0.25, -0.2) is 4.79 Å². The van der Waals surface area contributed by atoms with E-state index in [0.29, 0.717) is 16.8 Å². The van der Waals surface area contributed by atoms with Gasteiger partial charge in [0, 0.05) is 16.2 Å². The summed E-state index contributed by atoms with van der Waals surface area (Å²) in [5.74, 6) is -1.57. The summed E-state index contributed by atoms with van der Waals surface area (Å²) in [5.41, 5.74) is 1.59. The van der Waals surface area contributed by atoms with Crippen molar-refractivity contribution >= 4 is 27.8 Å². The van der Waals surface area contributed by atoms with Crippen molar-refractivity contribution in [3.63, 3.8) is 0 Å². The summed E-state index contributed by atoms with van der Waals surface area (Å²) in [6, 6.07) is 5.80. The maximum Gasteiger partial charge on any atom is 0.330 e. The third kappa shape index (κ3) is 3.79. The molecule has 0 aliphatic heterocycles. The average molecular weight is 380 g/mol. The molecule has 1 heterocycles. The summed E-state index contributed by atoms with van der Waals surface area (Å²) in [4.78, 5) is 23.9. The minimum Gasteiger partial charge on any atom is -0.479 e. The van der Waals surface area contributed by atoms with Gasteiger partial charge in [-0.3, -0.25) is 9.48 Å². The number of halogens is 1. The zero-order valence-electron chi connectivity index (χ0n) is 13.1. The van der Waals surface area contributed by atoms with Crippen molar-refractivity contribution in [2.24, 2.45) is 0 Å². The number of hydrogen-bond donors (Lipinski definition) is 2. The fourth-order valence-electron chi connectivity index (χ4n) is 2.32. The number of nitrogens with one attached hydrogen (secondary N) is 1. The Morgan fingerprint density at radius 1 is 1.26 bits per heavy atom. The maximum atomic E-state index is 12.4. The molecular formula is C16H18BrN3O3. The Labute approximate surface area is 142 Å². The summed E-state index contributed by atoms with van der Waals surface area (Å²) in [6.07, 6.45) is 1.46. The third-order valence-corrected chi connectivity index (χ3v) is 4.03. The van der Waals surface area contributed by atoms with Crippen LogP contribution in [0.5, 0.6) is 0 Å². The Bertz CT molecular complexity index is 723. The minimum atomic E-state index is -1.12. The summed E-state index contributed by atoms with van der Waals surface area (Å²) in [7, 11) is 0. The second-order valence-electron chi connectivity index (χ2n) is 5.48. The van der Waals surface area contributed by atoms with E-state index >= 15 is 0 Å². The van der Waals surface area contributed by atoms with Crippen LogP contribution in [-0.2, 0) is 4.79 Å². The summed E-state index contributed by atoms with van der Waals surface area (Å²) >= 11 is 3.30. The molecule has 1 amide bonds.